The van der Waals surface area contributed by atoms with E-state index in [0.29, 0.717) is 28.5 Å². The zero-order valence-electron chi connectivity index (χ0n) is 11.5. The Morgan fingerprint density at radius 2 is 1.76 bits per heavy atom. The molecule has 6 heteroatoms. The Hall–Kier alpha value is -1.26. The van der Waals surface area contributed by atoms with E-state index in [-0.39, 0.29) is 24.9 Å². The van der Waals surface area contributed by atoms with Crippen molar-refractivity contribution in [1.82, 2.24) is 10.2 Å². The molecule has 2 amide bonds. The number of hydrogen-bond acceptors (Lipinski definition) is 2. The molecular formula is C15H16Cl2N2O2. The minimum Gasteiger partial charge on any atom is -0.340 e. The van der Waals surface area contributed by atoms with Crippen molar-refractivity contribution in [3.8, 4) is 0 Å². The summed E-state index contributed by atoms with van der Waals surface area (Å²) in [5.74, 6) is -0.129. The van der Waals surface area contributed by atoms with Gasteiger partial charge < -0.3 is 10.2 Å². The van der Waals surface area contributed by atoms with Gasteiger partial charge in [0.05, 0.1) is 6.54 Å². The molecule has 1 aliphatic heterocycles. The van der Waals surface area contributed by atoms with Gasteiger partial charge in [0.2, 0.25) is 11.8 Å². The predicted molar refractivity (Wildman–Crippen MR) is 81.2 cm³/mol. The first-order chi connectivity index (χ1) is 10.0. The third-order valence-corrected chi connectivity index (χ3v) is 4.99. The number of carbonyl (C=O) groups is 2. The Balaban J connectivity index is 1.87. The number of amides is 2. The predicted octanol–water partition coefficient (Wildman–Crippen LogP) is 2.76. The molecule has 1 saturated carbocycles. The molecule has 2 fully saturated rings. The number of benzene rings is 1. The van der Waals surface area contributed by atoms with Crippen molar-refractivity contribution in [2.24, 2.45) is 0 Å². The third-order valence-electron chi connectivity index (χ3n) is 4.28. The fourth-order valence-corrected chi connectivity index (χ4v) is 3.74. The van der Waals surface area contributed by atoms with Gasteiger partial charge in [0, 0.05) is 22.2 Å². The number of nitrogens with zero attached hydrogens (tertiary/aromatic N) is 1. The molecule has 0 unspecified atom stereocenters. The smallest absolute Gasteiger partial charge is 0.249 e. The molecule has 1 saturated heterocycles. The lowest BCUT2D eigenvalue weighted by Gasteiger charge is -2.39. The summed E-state index contributed by atoms with van der Waals surface area (Å²) >= 11 is 12.3. The lowest BCUT2D eigenvalue weighted by Crippen LogP contribution is -2.65. The highest BCUT2D eigenvalue weighted by Crippen LogP contribution is 2.35. The molecule has 0 aromatic heterocycles. The fraction of sp³-hybridized carbons (Fsp3) is 0.467. The summed E-state index contributed by atoms with van der Waals surface area (Å²) < 4.78 is 0. The second-order valence-electron chi connectivity index (χ2n) is 5.70. The molecule has 0 bridgehead atoms. The van der Waals surface area contributed by atoms with Crippen LogP contribution in [0.15, 0.2) is 18.2 Å². The molecule has 2 aliphatic rings. The summed E-state index contributed by atoms with van der Waals surface area (Å²) in [7, 11) is 0. The summed E-state index contributed by atoms with van der Waals surface area (Å²) in [6.45, 7) is 0.328. The Morgan fingerprint density at radius 1 is 1.14 bits per heavy atom. The normalized spacial score (nSPS) is 21.0. The lowest BCUT2D eigenvalue weighted by atomic mass is 9.93. The summed E-state index contributed by atoms with van der Waals surface area (Å²) in [6, 6.07) is 5.24. The van der Waals surface area contributed by atoms with Crippen molar-refractivity contribution in [2.75, 3.05) is 6.54 Å². The highest BCUT2D eigenvalue weighted by atomic mass is 35.5. The number of nitrogens with one attached hydrogen (secondary N) is 1. The highest BCUT2D eigenvalue weighted by Gasteiger charge is 2.48. The number of piperazine rings is 1. The maximum absolute atomic E-state index is 12.7. The standard InChI is InChI=1S/C15H16Cl2N2O2/c16-11-4-3-5-12(17)10(11)8-19-9-13(20)18-15(14(19)21)6-1-2-7-15/h3-5H,1-2,6-9H2,(H,18,20). The highest BCUT2D eigenvalue weighted by molar-refractivity contribution is 6.36. The fourth-order valence-electron chi connectivity index (χ4n) is 3.23. The van der Waals surface area contributed by atoms with Crippen LogP contribution in [-0.2, 0) is 16.1 Å². The Labute approximate surface area is 133 Å². The SMILES string of the molecule is O=C1CN(Cc2c(Cl)cccc2Cl)C(=O)C2(CCCC2)N1. The molecule has 4 nitrogen and oxygen atoms in total. The van der Waals surface area contributed by atoms with Crippen molar-refractivity contribution in [1.29, 1.82) is 0 Å². The monoisotopic (exact) mass is 326 g/mol. The van der Waals surface area contributed by atoms with E-state index in [0.717, 1.165) is 12.8 Å². The number of hydrogen-bond donors (Lipinski definition) is 1. The number of carbonyl (C=O) groups excluding carboxylic acids is 2. The van der Waals surface area contributed by atoms with E-state index in [1.165, 1.54) is 0 Å². The van der Waals surface area contributed by atoms with Crippen LogP contribution in [-0.4, -0.2) is 28.8 Å². The Bertz CT molecular complexity index is 577. The second-order valence-corrected chi connectivity index (χ2v) is 6.51. The Kier molecular flexibility index (Phi) is 3.84. The van der Waals surface area contributed by atoms with Crippen LogP contribution in [0.4, 0.5) is 0 Å². The van der Waals surface area contributed by atoms with E-state index in [1.807, 2.05) is 0 Å². The van der Waals surface area contributed by atoms with Crippen LogP contribution in [0.1, 0.15) is 31.2 Å². The molecule has 1 aromatic carbocycles. The molecular weight excluding hydrogens is 311 g/mol. The number of rotatable bonds is 2. The van der Waals surface area contributed by atoms with Gasteiger partial charge in [0.15, 0.2) is 0 Å². The Morgan fingerprint density at radius 3 is 2.38 bits per heavy atom. The van der Waals surface area contributed by atoms with Gasteiger partial charge in [-0.25, -0.2) is 0 Å². The first kappa shape index (κ1) is 14.7. The van der Waals surface area contributed by atoms with Crippen molar-refractivity contribution < 1.29 is 9.59 Å². The van der Waals surface area contributed by atoms with E-state index >= 15 is 0 Å². The molecule has 1 aromatic rings. The minimum atomic E-state index is -0.705. The minimum absolute atomic E-state index is 0.0180. The van der Waals surface area contributed by atoms with Crippen molar-refractivity contribution >= 4 is 35.0 Å². The molecule has 21 heavy (non-hydrogen) atoms. The van der Waals surface area contributed by atoms with Crippen molar-refractivity contribution in [2.45, 2.75) is 37.8 Å². The van der Waals surface area contributed by atoms with Crippen LogP contribution in [0.3, 0.4) is 0 Å². The largest absolute Gasteiger partial charge is 0.340 e. The molecule has 0 radical (unpaired) electrons. The average molecular weight is 327 g/mol. The van der Waals surface area contributed by atoms with Gasteiger partial charge in [-0.1, -0.05) is 42.1 Å². The van der Waals surface area contributed by atoms with Gasteiger partial charge in [0.25, 0.3) is 0 Å². The van der Waals surface area contributed by atoms with E-state index in [9.17, 15) is 9.59 Å². The number of halogens is 2. The van der Waals surface area contributed by atoms with Crippen molar-refractivity contribution in [3.05, 3.63) is 33.8 Å². The van der Waals surface area contributed by atoms with Crippen LogP contribution in [0.25, 0.3) is 0 Å². The van der Waals surface area contributed by atoms with E-state index in [4.69, 9.17) is 23.2 Å². The molecule has 1 spiro atoms. The van der Waals surface area contributed by atoms with Gasteiger partial charge in [-0.05, 0) is 25.0 Å². The first-order valence-electron chi connectivity index (χ1n) is 7.05. The zero-order chi connectivity index (χ0) is 15.0. The quantitative estimate of drug-likeness (QED) is 0.908. The van der Waals surface area contributed by atoms with Crippen LogP contribution < -0.4 is 5.32 Å². The van der Waals surface area contributed by atoms with E-state index in [1.54, 1.807) is 23.1 Å². The van der Waals surface area contributed by atoms with Crippen LogP contribution in [0.2, 0.25) is 10.0 Å². The maximum Gasteiger partial charge on any atom is 0.249 e. The van der Waals surface area contributed by atoms with Crippen molar-refractivity contribution in [3.63, 3.8) is 0 Å². The topological polar surface area (TPSA) is 49.4 Å². The van der Waals surface area contributed by atoms with Gasteiger partial charge in [-0.2, -0.15) is 0 Å². The van der Waals surface area contributed by atoms with Gasteiger partial charge in [0.1, 0.15) is 5.54 Å². The summed E-state index contributed by atoms with van der Waals surface area (Å²) in [6.07, 6.45) is 3.36. The average Bonchev–Trinajstić information content (AvgIpc) is 2.89. The molecule has 1 N–H and O–H groups in total. The maximum atomic E-state index is 12.7. The summed E-state index contributed by atoms with van der Waals surface area (Å²) in [5, 5.41) is 3.92. The molecule has 1 heterocycles. The summed E-state index contributed by atoms with van der Waals surface area (Å²) in [4.78, 5) is 26.3. The van der Waals surface area contributed by atoms with Gasteiger partial charge >= 0.3 is 0 Å². The van der Waals surface area contributed by atoms with Gasteiger partial charge in [-0.3, -0.25) is 9.59 Å². The third kappa shape index (κ3) is 2.62. The van der Waals surface area contributed by atoms with Crippen LogP contribution in [0, 0.1) is 0 Å². The molecule has 0 atom stereocenters. The second kappa shape index (κ2) is 5.50. The van der Waals surface area contributed by atoms with Crippen LogP contribution >= 0.6 is 23.2 Å². The lowest BCUT2D eigenvalue weighted by molar-refractivity contribution is -0.150. The zero-order valence-corrected chi connectivity index (χ0v) is 13.0. The van der Waals surface area contributed by atoms with Gasteiger partial charge in [-0.15, -0.1) is 0 Å². The van der Waals surface area contributed by atoms with E-state index in [2.05, 4.69) is 5.32 Å². The molecule has 1 aliphatic carbocycles. The molecule has 3 rings (SSSR count). The summed E-state index contributed by atoms with van der Waals surface area (Å²) in [5.41, 5.74) is -0.0136. The van der Waals surface area contributed by atoms with Crippen LogP contribution in [0.5, 0.6) is 0 Å². The van der Waals surface area contributed by atoms with E-state index < -0.39 is 5.54 Å². The first-order valence-corrected chi connectivity index (χ1v) is 7.81. The molecule has 112 valence electrons.